The highest BCUT2D eigenvalue weighted by Gasteiger charge is 2.16. The molecule has 3 rings (SSSR count). The van der Waals surface area contributed by atoms with Gasteiger partial charge in [-0.3, -0.25) is 19.1 Å². The van der Waals surface area contributed by atoms with Crippen LogP contribution in [0, 0.1) is 11.3 Å². The van der Waals surface area contributed by atoms with E-state index in [-0.39, 0.29) is 17.7 Å². The molecule has 0 saturated carbocycles. The molecular formula is C20H22N4O3S2. The van der Waals surface area contributed by atoms with Crippen LogP contribution in [-0.4, -0.2) is 54.8 Å². The third-order valence-corrected chi connectivity index (χ3v) is 6.26. The van der Waals surface area contributed by atoms with Crippen LogP contribution in [0.4, 0.5) is 0 Å². The number of nitriles is 1. The van der Waals surface area contributed by atoms with Crippen LogP contribution in [0.5, 0.6) is 0 Å². The zero-order valence-corrected chi connectivity index (χ0v) is 17.6. The highest BCUT2D eigenvalue weighted by Crippen LogP contribution is 2.06. The second-order valence-corrected chi connectivity index (χ2v) is 8.18. The predicted molar refractivity (Wildman–Crippen MR) is 115 cm³/mol. The Hall–Kier alpha value is -2.51. The number of amides is 1. The Kier molecular flexibility index (Phi) is 7.55. The summed E-state index contributed by atoms with van der Waals surface area (Å²) in [5, 5.41) is 16.3. The number of carbonyl (C=O) groups is 1. The van der Waals surface area contributed by atoms with Crippen LogP contribution in [0.25, 0.3) is 11.6 Å². The van der Waals surface area contributed by atoms with Crippen LogP contribution in [0.1, 0.15) is 5.56 Å². The van der Waals surface area contributed by atoms with Crippen molar-refractivity contribution in [2.75, 3.05) is 39.4 Å². The fourth-order valence-electron chi connectivity index (χ4n) is 2.95. The standard InChI is InChI=1S/C20H22N4O3S2/c1-2-5-24-19(26)17(12-15-3-11-28-14-15)29-20(24)16(13-21)18(25)22-4-6-23-7-9-27-10-8-23/h2-3,11-12,14H,1,4-10H2,(H,22,25)/b17-12?,20-16-. The Balaban J connectivity index is 1.89. The largest absolute Gasteiger partial charge is 0.379 e. The van der Waals surface area contributed by atoms with Crippen molar-refractivity contribution in [3.8, 4) is 6.07 Å². The summed E-state index contributed by atoms with van der Waals surface area (Å²) < 4.78 is 7.57. The lowest BCUT2D eigenvalue weighted by Gasteiger charge is -2.26. The monoisotopic (exact) mass is 430 g/mol. The van der Waals surface area contributed by atoms with E-state index in [0.29, 0.717) is 35.5 Å². The van der Waals surface area contributed by atoms with Crippen molar-refractivity contribution in [3.63, 3.8) is 0 Å². The van der Waals surface area contributed by atoms with Crippen molar-refractivity contribution in [1.29, 1.82) is 5.26 Å². The molecule has 1 amide bonds. The minimum atomic E-state index is -0.470. The number of ether oxygens (including phenoxy) is 1. The molecule has 9 heteroatoms. The fraction of sp³-hybridized carbons (Fsp3) is 0.350. The minimum absolute atomic E-state index is 0.0547. The lowest BCUT2D eigenvalue weighted by molar-refractivity contribution is -0.115. The first-order valence-electron chi connectivity index (χ1n) is 9.21. The molecule has 3 heterocycles. The minimum Gasteiger partial charge on any atom is -0.379 e. The molecule has 0 atom stereocenters. The molecule has 29 heavy (non-hydrogen) atoms. The third kappa shape index (κ3) is 5.31. The number of nitrogens with zero attached hydrogens (tertiary/aromatic N) is 3. The second kappa shape index (κ2) is 10.3. The van der Waals surface area contributed by atoms with Crippen molar-refractivity contribution in [3.05, 3.63) is 54.6 Å². The Morgan fingerprint density at radius 1 is 1.41 bits per heavy atom. The zero-order chi connectivity index (χ0) is 20.6. The van der Waals surface area contributed by atoms with E-state index in [4.69, 9.17) is 4.74 Å². The van der Waals surface area contributed by atoms with Crippen LogP contribution in [0.2, 0.25) is 0 Å². The summed E-state index contributed by atoms with van der Waals surface area (Å²) in [5.74, 6) is -0.470. The number of allylic oxidation sites excluding steroid dienone is 1. The van der Waals surface area contributed by atoms with Gasteiger partial charge >= 0.3 is 0 Å². The van der Waals surface area contributed by atoms with Crippen LogP contribution >= 0.6 is 22.7 Å². The average molecular weight is 431 g/mol. The van der Waals surface area contributed by atoms with E-state index in [1.165, 1.54) is 15.9 Å². The molecule has 152 valence electrons. The van der Waals surface area contributed by atoms with Gasteiger partial charge in [-0.1, -0.05) is 6.08 Å². The van der Waals surface area contributed by atoms with Gasteiger partial charge < -0.3 is 10.1 Å². The van der Waals surface area contributed by atoms with E-state index in [1.807, 2.05) is 22.9 Å². The van der Waals surface area contributed by atoms with Gasteiger partial charge in [0.05, 0.1) is 17.7 Å². The summed E-state index contributed by atoms with van der Waals surface area (Å²) in [6.45, 7) is 8.07. The number of hydrogen-bond acceptors (Lipinski definition) is 7. The number of thiophene rings is 1. The molecule has 1 fully saturated rings. The SMILES string of the molecule is C=CCn1c(=O)c(=Cc2ccsc2)s/c1=C(/C#N)C(=O)NCCN1CCOCC1. The molecular weight excluding hydrogens is 408 g/mol. The van der Waals surface area contributed by atoms with Gasteiger partial charge in [0.25, 0.3) is 11.5 Å². The van der Waals surface area contributed by atoms with Gasteiger partial charge in [0.15, 0.2) is 5.57 Å². The zero-order valence-electron chi connectivity index (χ0n) is 15.9. The summed E-state index contributed by atoms with van der Waals surface area (Å²) >= 11 is 2.69. The normalized spacial score (nSPS) is 16.3. The first-order valence-corrected chi connectivity index (χ1v) is 11.0. The lowest BCUT2D eigenvalue weighted by atomic mass is 10.3. The quantitative estimate of drug-likeness (QED) is 0.630. The van der Waals surface area contributed by atoms with Gasteiger partial charge in [-0.25, -0.2) is 0 Å². The van der Waals surface area contributed by atoms with Crippen molar-refractivity contribution >= 4 is 40.2 Å². The summed E-state index contributed by atoms with van der Waals surface area (Å²) in [6, 6.07) is 3.89. The van der Waals surface area contributed by atoms with Crippen molar-refractivity contribution in [1.82, 2.24) is 14.8 Å². The topological polar surface area (TPSA) is 87.4 Å². The third-order valence-electron chi connectivity index (χ3n) is 4.43. The van der Waals surface area contributed by atoms with Crippen molar-refractivity contribution in [2.24, 2.45) is 0 Å². The van der Waals surface area contributed by atoms with Gasteiger partial charge in [0.2, 0.25) is 0 Å². The van der Waals surface area contributed by atoms with Crippen LogP contribution in [0.3, 0.4) is 0 Å². The van der Waals surface area contributed by atoms with Gasteiger partial charge in [0.1, 0.15) is 10.7 Å². The Morgan fingerprint density at radius 3 is 2.86 bits per heavy atom. The van der Waals surface area contributed by atoms with Gasteiger partial charge in [0, 0.05) is 32.7 Å². The van der Waals surface area contributed by atoms with E-state index < -0.39 is 5.91 Å². The van der Waals surface area contributed by atoms with Crippen LogP contribution in [0.15, 0.2) is 34.3 Å². The highest BCUT2D eigenvalue weighted by atomic mass is 32.1. The molecule has 2 aromatic rings. The fourth-order valence-corrected chi connectivity index (χ4v) is 4.67. The molecule has 1 aliphatic rings. The molecule has 0 radical (unpaired) electrons. The van der Waals surface area contributed by atoms with Gasteiger partial charge in [-0.05, 0) is 28.5 Å². The number of hydrogen-bond donors (Lipinski definition) is 1. The first-order chi connectivity index (χ1) is 14.1. The van der Waals surface area contributed by atoms with E-state index in [9.17, 15) is 14.9 Å². The maximum absolute atomic E-state index is 12.8. The molecule has 0 unspecified atom stereocenters. The first kappa shape index (κ1) is 21.2. The highest BCUT2D eigenvalue weighted by molar-refractivity contribution is 7.08. The molecule has 7 nitrogen and oxygen atoms in total. The number of nitrogens with one attached hydrogen (secondary N) is 1. The summed E-state index contributed by atoms with van der Waals surface area (Å²) in [4.78, 5) is 27.6. The summed E-state index contributed by atoms with van der Waals surface area (Å²) in [5.41, 5.74) is 0.630. The van der Waals surface area contributed by atoms with Crippen LogP contribution in [-0.2, 0) is 16.1 Å². The van der Waals surface area contributed by atoms with Gasteiger partial charge in [-0.15, -0.1) is 17.9 Å². The van der Waals surface area contributed by atoms with E-state index in [1.54, 1.807) is 12.2 Å². The number of rotatable bonds is 7. The molecule has 0 bridgehead atoms. The molecule has 1 aliphatic heterocycles. The Bertz CT molecular complexity index is 1070. The Labute approximate surface area is 176 Å². The molecule has 1 N–H and O–H groups in total. The van der Waals surface area contributed by atoms with Gasteiger partial charge in [-0.2, -0.15) is 16.6 Å². The maximum Gasteiger partial charge on any atom is 0.269 e. The Morgan fingerprint density at radius 2 is 2.21 bits per heavy atom. The number of carbonyl (C=O) groups excluding carboxylic acids is 1. The lowest BCUT2D eigenvalue weighted by Crippen LogP contribution is -2.42. The van der Waals surface area contributed by atoms with Crippen LogP contribution < -0.4 is 20.1 Å². The second-order valence-electron chi connectivity index (χ2n) is 6.37. The van der Waals surface area contributed by atoms with E-state index >= 15 is 0 Å². The molecule has 0 aromatic carbocycles. The van der Waals surface area contributed by atoms with Crippen molar-refractivity contribution in [2.45, 2.75) is 6.54 Å². The molecule has 0 spiro atoms. The molecule has 2 aromatic heterocycles. The van der Waals surface area contributed by atoms with E-state index in [2.05, 4.69) is 16.8 Å². The number of thiazole rings is 1. The summed E-state index contributed by atoms with van der Waals surface area (Å²) in [7, 11) is 0. The maximum atomic E-state index is 12.8. The smallest absolute Gasteiger partial charge is 0.269 e. The number of aromatic nitrogens is 1. The van der Waals surface area contributed by atoms with Crippen molar-refractivity contribution < 1.29 is 9.53 Å². The molecule has 0 aliphatic carbocycles. The number of morpholine rings is 1. The van der Waals surface area contributed by atoms with E-state index in [0.717, 1.165) is 30.0 Å². The predicted octanol–water partition coefficient (Wildman–Crippen LogP) is 0.109. The average Bonchev–Trinajstić information content (AvgIpc) is 3.34. The summed E-state index contributed by atoms with van der Waals surface area (Å²) in [6.07, 6.45) is 3.36. The molecule has 1 saturated heterocycles.